The van der Waals surface area contributed by atoms with Gasteiger partial charge in [0.05, 0.1) is 18.8 Å². The van der Waals surface area contributed by atoms with Crippen LogP contribution in [0.15, 0.2) is 0 Å². The minimum atomic E-state index is -0.268. The predicted molar refractivity (Wildman–Crippen MR) is 51.6 cm³/mol. The van der Waals surface area contributed by atoms with Gasteiger partial charge in [-0.1, -0.05) is 13.8 Å². The van der Waals surface area contributed by atoms with Crippen molar-refractivity contribution < 1.29 is 20.1 Å². The van der Waals surface area contributed by atoms with Crippen molar-refractivity contribution in [2.45, 2.75) is 38.9 Å². The molecule has 0 radical (unpaired) electrons. The highest BCUT2D eigenvalue weighted by Gasteiger charge is 2.19. The third kappa shape index (κ3) is 8.18. The van der Waals surface area contributed by atoms with Crippen LogP contribution >= 0.6 is 0 Å². The summed E-state index contributed by atoms with van der Waals surface area (Å²) in [4.78, 5) is 0. The lowest BCUT2D eigenvalue weighted by atomic mass is 10.1. The van der Waals surface area contributed by atoms with Gasteiger partial charge in [0.25, 0.3) is 0 Å². The molecule has 1 heterocycles. The molecular formula is C9H22O4. The van der Waals surface area contributed by atoms with Crippen LogP contribution < -0.4 is 0 Å². The van der Waals surface area contributed by atoms with Crippen molar-refractivity contribution >= 4 is 0 Å². The summed E-state index contributed by atoms with van der Waals surface area (Å²) >= 11 is 0. The van der Waals surface area contributed by atoms with Crippen molar-refractivity contribution in [2.24, 2.45) is 0 Å². The Morgan fingerprint density at radius 1 is 1.31 bits per heavy atom. The van der Waals surface area contributed by atoms with Crippen LogP contribution in [-0.2, 0) is 4.74 Å². The molecule has 1 aliphatic heterocycles. The van der Waals surface area contributed by atoms with Gasteiger partial charge in [-0.15, -0.1) is 0 Å². The lowest BCUT2D eigenvalue weighted by Crippen LogP contribution is -2.31. The Kier molecular flexibility index (Phi) is 14.0. The van der Waals surface area contributed by atoms with E-state index in [1.807, 2.05) is 13.8 Å². The second kappa shape index (κ2) is 11.8. The average Bonchev–Trinajstić information content (AvgIpc) is 2.24. The summed E-state index contributed by atoms with van der Waals surface area (Å²) in [5.41, 5.74) is 0. The predicted octanol–water partition coefficient (Wildman–Crippen LogP) is 0.153. The van der Waals surface area contributed by atoms with Gasteiger partial charge in [-0.3, -0.25) is 0 Å². The minimum absolute atomic E-state index is 0.0249. The Labute approximate surface area is 80.2 Å². The third-order valence-corrected chi connectivity index (χ3v) is 1.54. The van der Waals surface area contributed by atoms with Crippen molar-refractivity contribution in [2.75, 3.05) is 20.3 Å². The third-order valence-electron chi connectivity index (χ3n) is 1.54. The van der Waals surface area contributed by atoms with E-state index in [-0.39, 0.29) is 18.8 Å². The van der Waals surface area contributed by atoms with E-state index >= 15 is 0 Å². The van der Waals surface area contributed by atoms with Gasteiger partial charge in [-0.05, 0) is 6.42 Å². The van der Waals surface area contributed by atoms with Crippen LogP contribution in [0.25, 0.3) is 0 Å². The summed E-state index contributed by atoms with van der Waals surface area (Å²) < 4.78 is 5.09. The molecule has 82 valence electrons. The first-order valence-corrected chi connectivity index (χ1v) is 4.68. The van der Waals surface area contributed by atoms with Gasteiger partial charge in [0.1, 0.15) is 0 Å². The second-order valence-electron chi connectivity index (χ2n) is 2.35. The van der Waals surface area contributed by atoms with Crippen LogP contribution in [0.5, 0.6) is 0 Å². The zero-order chi connectivity index (χ0) is 10.7. The van der Waals surface area contributed by atoms with Crippen LogP contribution in [0, 0.1) is 0 Å². The zero-order valence-electron chi connectivity index (χ0n) is 8.73. The van der Waals surface area contributed by atoms with Gasteiger partial charge in [0.2, 0.25) is 0 Å². The maximum absolute atomic E-state index is 9.02. The molecule has 0 aromatic heterocycles. The summed E-state index contributed by atoms with van der Waals surface area (Å²) in [6.07, 6.45) is 0.886. The number of rotatable bonds is 1. The molecule has 1 rings (SSSR count). The molecule has 4 heteroatoms. The summed E-state index contributed by atoms with van der Waals surface area (Å²) in [5.74, 6) is 0. The molecule has 1 aliphatic rings. The van der Waals surface area contributed by atoms with E-state index in [4.69, 9.17) is 20.1 Å². The molecule has 3 N–H and O–H groups in total. The normalized spacial score (nSPS) is 26.3. The molecule has 0 aromatic carbocycles. The monoisotopic (exact) mass is 194 g/mol. The molecular weight excluding hydrogens is 172 g/mol. The molecule has 0 saturated carbocycles. The summed E-state index contributed by atoms with van der Waals surface area (Å²) in [6.45, 7) is 4.60. The Morgan fingerprint density at radius 2 is 1.85 bits per heavy atom. The summed E-state index contributed by atoms with van der Waals surface area (Å²) in [7, 11) is 1.00. The molecule has 2 atom stereocenters. The highest BCUT2D eigenvalue weighted by atomic mass is 16.5. The molecule has 1 fully saturated rings. The SMILES string of the molecule is CC.CO.OC[C@@H]1CC(O)CCO1. The fourth-order valence-electron chi connectivity index (χ4n) is 0.987. The number of aliphatic hydroxyl groups excluding tert-OH is 3. The Balaban J connectivity index is 0. The van der Waals surface area contributed by atoms with Crippen molar-refractivity contribution in [1.29, 1.82) is 0 Å². The van der Waals surface area contributed by atoms with E-state index in [9.17, 15) is 0 Å². The molecule has 0 bridgehead atoms. The molecule has 0 aromatic rings. The van der Waals surface area contributed by atoms with Gasteiger partial charge in [0, 0.05) is 20.1 Å². The Morgan fingerprint density at radius 3 is 2.15 bits per heavy atom. The molecule has 4 nitrogen and oxygen atoms in total. The van der Waals surface area contributed by atoms with Crippen LogP contribution in [0.3, 0.4) is 0 Å². The van der Waals surface area contributed by atoms with E-state index in [2.05, 4.69) is 0 Å². The molecule has 1 saturated heterocycles. The first-order valence-electron chi connectivity index (χ1n) is 4.68. The summed E-state index contributed by atoms with van der Waals surface area (Å²) in [5, 5.41) is 24.6. The lowest BCUT2D eigenvalue weighted by molar-refractivity contribution is -0.0642. The number of hydrogen-bond donors (Lipinski definition) is 3. The van der Waals surface area contributed by atoms with E-state index in [0.717, 1.165) is 7.11 Å². The average molecular weight is 194 g/mol. The van der Waals surface area contributed by atoms with E-state index in [1.54, 1.807) is 0 Å². The summed E-state index contributed by atoms with van der Waals surface area (Å²) in [6, 6.07) is 0. The minimum Gasteiger partial charge on any atom is -0.400 e. The molecule has 1 unspecified atom stereocenters. The molecule has 0 amide bonds. The van der Waals surface area contributed by atoms with Gasteiger partial charge < -0.3 is 20.1 Å². The second-order valence-corrected chi connectivity index (χ2v) is 2.35. The van der Waals surface area contributed by atoms with E-state index in [1.165, 1.54) is 0 Å². The van der Waals surface area contributed by atoms with Gasteiger partial charge >= 0.3 is 0 Å². The van der Waals surface area contributed by atoms with Gasteiger partial charge in [-0.2, -0.15) is 0 Å². The smallest absolute Gasteiger partial charge is 0.0830 e. The zero-order valence-corrected chi connectivity index (χ0v) is 8.73. The fourth-order valence-corrected chi connectivity index (χ4v) is 0.987. The Bertz CT molecular complexity index is 87.7. The highest BCUT2D eigenvalue weighted by molar-refractivity contribution is 4.68. The van der Waals surface area contributed by atoms with Crippen molar-refractivity contribution in [3.05, 3.63) is 0 Å². The van der Waals surface area contributed by atoms with Crippen molar-refractivity contribution in [3.63, 3.8) is 0 Å². The number of ether oxygens (including phenoxy) is 1. The van der Waals surface area contributed by atoms with Crippen LogP contribution in [0.2, 0.25) is 0 Å². The van der Waals surface area contributed by atoms with Crippen molar-refractivity contribution in [3.8, 4) is 0 Å². The standard InChI is InChI=1S/C6H12O3.C2H6.CH4O/c7-4-6-3-5(8)1-2-9-6;2*1-2/h5-8H,1-4H2;1-2H3;2H,1H3/t5?,6-;;/m0../s1. The van der Waals surface area contributed by atoms with Gasteiger partial charge in [0.15, 0.2) is 0 Å². The van der Waals surface area contributed by atoms with Crippen LogP contribution in [-0.4, -0.2) is 47.9 Å². The highest BCUT2D eigenvalue weighted by Crippen LogP contribution is 2.12. The largest absolute Gasteiger partial charge is 0.400 e. The first kappa shape index (κ1) is 15.3. The fraction of sp³-hybridized carbons (Fsp3) is 1.00. The van der Waals surface area contributed by atoms with E-state index < -0.39 is 0 Å². The first-order chi connectivity index (χ1) is 6.33. The number of hydrogen-bond acceptors (Lipinski definition) is 4. The maximum Gasteiger partial charge on any atom is 0.0830 e. The van der Waals surface area contributed by atoms with Crippen LogP contribution in [0.1, 0.15) is 26.7 Å². The topological polar surface area (TPSA) is 69.9 Å². The molecule has 0 aliphatic carbocycles. The lowest BCUT2D eigenvalue weighted by Gasteiger charge is -2.24. The van der Waals surface area contributed by atoms with Crippen molar-refractivity contribution in [1.82, 2.24) is 0 Å². The van der Waals surface area contributed by atoms with E-state index in [0.29, 0.717) is 19.4 Å². The maximum atomic E-state index is 9.02. The molecule has 13 heavy (non-hydrogen) atoms. The quantitative estimate of drug-likeness (QED) is 0.556. The van der Waals surface area contributed by atoms with Crippen LogP contribution in [0.4, 0.5) is 0 Å². The Hall–Kier alpha value is -0.160. The number of aliphatic hydroxyl groups is 3. The molecule has 0 spiro atoms. The van der Waals surface area contributed by atoms with Gasteiger partial charge in [-0.25, -0.2) is 0 Å².